The molecule has 0 aliphatic rings. The highest BCUT2D eigenvalue weighted by Crippen LogP contribution is 2.40. The molecule has 0 amide bonds. The van der Waals surface area contributed by atoms with Crippen molar-refractivity contribution in [2.24, 2.45) is 5.41 Å². The summed E-state index contributed by atoms with van der Waals surface area (Å²) in [5, 5.41) is 10.0. The Morgan fingerprint density at radius 2 is 1.73 bits per heavy atom. The summed E-state index contributed by atoms with van der Waals surface area (Å²) in [6.45, 7) is 8.30. The maximum Gasteiger partial charge on any atom is 0.0732 e. The summed E-state index contributed by atoms with van der Waals surface area (Å²) in [4.78, 5) is 0. The van der Waals surface area contributed by atoms with Crippen LogP contribution in [0.3, 0.4) is 0 Å². The largest absolute Gasteiger partial charge is 0.391 e. The van der Waals surface area contributed by atoms with E-state index in [1.807, 2.05) is 13.8 Å². The molecule has 92 valence electrons. The smallest absolute Gasteiger partial charge is 0.0732 e. The van der Waals surface area contributed by atoms with Crippen LogP contribution in [-0.2, 0) is 4.74 Å². The van der Waals surface area contributed by atoms with Gasteiger partial charge in [-0.1, -0.05) is 13.8 Å². The topological polar surface area (TPSA) is 29.5 Å². The number of methoxy groups -OCH3 is 1. The van der Waals surface area contributed by atoms with E-state index in [-0.39, 0.29) is 11.0 Å². The second-order valence-corrected chi connectivity index (χ2v) is 5.19. The molecule has 0 aromatic rings. The molecule has 0 aromatic carbocycles. The highest BCUT2D eigenvalue weighted by molar-refractivity contribution is 6.18. The Morgan fingerprint density at radius 1 is 1.27 bits per heavy atom. The summed E-state index contributed by atoms with van der Waals surface area (Å²) in [5.41, 5.74) is -0.333. The Hall–Kier alpha value is 0.210. The quantitative estimate of drug-likeness (QED) is 0.688. The Kier molecular flexibility index (Phi) is 6.16. The molecule has 0 aromatic heterocycles. The molecule has 0 fully saturated rings. The first-order valence-electron chi connectivity index (χ1n) is 5.66. The fraction of sp³-hybridized carbons (Fsp3) is 1.00. The molecule has 0 bridgehead atoms. The van der Waals surface area contributed by atoms with E-state index < -0.39 is 6.10 Å². The molecule has 0 aliphatic carbocycles. The molecule has 0 rings (SSSR count). The summed E-state index contributed by atoms with van der Waals surface area (Å²) >= 11 is 5.78. The average Bonchev–Trinajstić information content (AvgIpc) is 2.25. The van der Waals surface area contributed by atoms with Gasteiger partial charge in [0.2, 0.25) is 0 Å². The number of aliphatic hydroxyl groups is 1. The van der Waals surface area contributed by atoms with E-state index in [1.54, 1.807) is 7.11 Å². The van der Waals surface area contributed by atoms with Gasteiger partial charge in [0.05, 0.1) is 11.7 Å². The number of hydrogen-bond donors (Lipinski definition) is 1. The molecule has 1 N–H and O–H groups in total. The third-order valence-corrected chi connectivity index (χ3v) is 3.88. The molecule has 15 heavy (non-hydrogen) atoms. The van der Waals surface area contributed by atoms with E-state index >= 15 is 0 Å². The molecular formula is C12H25ClO2. The van der Waals surface area contributed by atoms with E-state index in [1.165, 1.54) is 0 Å². The van der Waals surface area contributed by atoms with Crippen LogP contribution < -0.4 is 0 Å². The molecule has 0 spiro atoms. The van der Waals surface area contributed by atoms with Gasteiger partial charge in [0.25, 0.3) is 0 Å². The van der Waals surface area contributed by atoms with E-state index in [4.69, 9.17) is 16.3 Å². The Morgan fingerprint density at radius 3 is 2.00 bits per heavy atom. The summed E-state index contributed by atoms with van der Waals surface area (Å²) in [5.74, 6) is 0.293. The fourth-order valence-corrected chi connectivity index (χ4v) is 2.50. The van der Waals surface area contributed by atoms with Gasteiger partial charge in [0.1, 0.15) is 0 Å². The lowest BCUT2D eigenvalue weighted by molar-refractivity contribution is -0.0628. The first-order chi connectivity index (χ1) is 6.87. The van der Waals surface area contributed by atoms with Crippen molar-refractivity contribution in [2.75, 3.05) is 13.0 Å². The first kappa shape index (κ1) is 15.2. The van der Waals surface area contributed by atoms with Crippen molar-refractivity contribution in [3.63, 3.8) is 0 Å². The van der Waals surface area contributed by atoms with Gasteiger partial charge in [0.15, 0.2) is 0 Å². The minimum absolute atomic E-state index is 0.124. The number of alkyl halides is 1. The molecule has 0 saturated heterocycles. The van der Waals surface area contributed by atoms with Crippen LogP contribution in [0, 0.1) is 5.41 Å². The maximum absolute atomic E-state index is 10.0. The fourth-order valence-electron chi connectivity index (χ4n) is 2.17. The summed E-state index contributed by atoms with van der Waals surface area (Å²) < 4.78 is 5.44. The minimum atomic E-state index is -0.455. The van der Waals surface area contributed by atoms with Crippen molar-refractivity contribution < 1.29 is 9.84 Å². The van der Waals surface area contributed by atoms with Gasteiger partial charge in [-0.3, -0.25) is 0 Å². The zero-order valence-corrected chi connectivity index (χ0v) is 11.4. The zero-order valence-electron chi connectivity index (χ0n) is 10.6. The van der Waals surface area contributed by atoms with E-state index in [0.29, 0.717) is 5.88 Å². The molecule has 2 nitrogen and oxygen atoms in total. The van der Waals surface area contributed by atoms with Gasteiger partial charge < -0.3 is 9.84 Å². The van der Waals surface area contributed by atoms with Gasteiger partial charge in [-0.2, -0.15) is 0 Å². The number of aliphatic hydroxyl groups excluding tert-OH is 1. The van der Waals surface area contributed by atoms with Crippen LogP contribution in [0.2, 0.25) is 0 Å². The number of hydrogen-bond acceptors (Lipinski definition) is 2. The highest BCUT2D eigenvalue weighted by Gasteiger charge is 2.39. The van der Waals surface area contributed by atoms with Crippen LogP contribution >= 0.6 is 11.6 Å². The Labute approximate surface area is 99.0 Å². The second-order valence-electron chi connectivity index (χ2n) is 4.88. The highest BCUT2D eigenvalue weighted by atomic mass is 35.5. The molecule has 1 unspecified atom stereocenters. The number of halogens is 1. The predicted molar refractivity (Wildman–Crippen MR) is 65.4 cm³/mol. The third-order valence-electron chi connectivity index (χ3n) is 3.59. The maximum atomic E-state index is 10.0. The van der Waals surface area contributed by atoms with Crippen molar-refractivity contribution in [1.82, 2.24) is 0 Å². The SMILES string of the molecule is CCC(CC)(CC(C)(C)OC)C(O)CCl. The predicted octanol–water partition coefficient (Wildman–Crippen LogP) is 3.21. The number of ether oxygens (including phenoxy) is 1. The van der Waals surface area contributed by atoms with Crippen molar-refractivity contribution in [2.45, 2.75) is 58.7 Å². The van der Waals surface area contributed by atoms with Crippen LogP contribution in [0.5, 0.6) is 0 Å². The van der Waals surface area contributed by atoms with Gasteiger partial charge in [-0.05, 0) is 38.5 Å². The normalized spacial score (nSPS) is 15.4. The van der Waals surface area contributed by atoms with Crippen LogP contribution in [-0.4, -0.2) is 29.8 Å². The lowest BCUT2D eigenvalue weighted by atomic mass is 9.70. The Balaban J connectivity index is 4.78. The van der Waals surface area contributed by atoms with Gasteiger partial charge in [0, 0.05) is 13.0 Å². The van der Waals surface area contributed by atoms with Crippen LogP contribution in [0.1, 0.15) is 47.0 Å². The molecule has 0 heterocycles. The monoisotopic (exact) mass is 236 g/mol. The Bertz CT molecular complexity index is 176. The molecule has 0 saturated carbocycles. The molecular weight excluding hydrogens is 212 g/mol. The molecule has 1 atom stereocenters. The summed E-state index contributed by atoms with van der Waals surface area (Å²) in [7, 11) is 1.71. The van der Waals surface area contributed by atoms with Gasteiger partial charge in [-0.25, -0.2) is 0 Å². The zero-order chi connectivity index (χ0) is 12.1. The molecule has 0 radical (unpaired) electrons. The summed E-state index contributed by atoms with van der Waals surface area (Å²) in [6, 6.07) is 0. The van der Waals surface area contributed by atoms with Gasteiger partial charge in [-0.15, -0.1) is 11.6 Å². The van der Waals surface area contributed by atoms with Crippen LogP contribution in [0.4, 0.5) is 0 Å². The van der Waals surface area contributed by atoms with Crippen molar-refractivity contribution >= 4 is 11.6 Å². The first-order valence-corrected chi connectivity index (χ1v) is 6.20. The van der Waals surface area contributed by atoms with E-state index in [2.05, 4.69) is 13.8 Å². The summed E-state index contributed by atoms with van der Waals surface area (Å²) in [6.07, 6.45) is 2.22. The number of rotatable bonds is 7. The van der Waals surface area contributed by atoms with Crippen LogP contribution in [0.25, 0.3) is 0 Å². The second kappa shape index (κ2) is 6.07. The van der Waals surface area contributed by atoms with Crippen molar-refractivity contribution in [3.8, 4) is 0 Å². The molecule has 0 aliphatic heterocycles. The lowest BCUT2D eigenvalue weighted by Gasteiger charge is -2.41. The average molecular weight is 237 g/mol. The lowest BCUT2D eigenvalue weighted by Crippen LogP contribution is -2.42. The molecule has 3 heteroatoms. The minimum Gasteiger partial charge on any atom is -0.391 e. The third kappa shape index (κ3) is 3.93. The van der Waals surface area contributed by atoms with Crippen molar-refractivity contribution in [3.05, 3.63) is 0 Å². The van der Waals surface area contributed by atoms with E-state index in [9.17, 15) is 5.11 Å². The van der Waals surface area contributed by atoms with Crippen molar-refractivity contribution in [1.29, 1.82) is 0 Å². The van der Waals surface area contributed by atoms with E-state index in [0.717, 1.165) is 19.3 Å². The van der Waals surface area contributed by atoms with Crippen LogP contribution in [0.15, 0.2) is 0 Å². The standard InChI is InChI=1S/C12H25ClO2/c1-6-12(7-2,10(14)8-13)9-11(3,4)15-5/h10,14H,6-9H2,1-5H3. The van der Waals surface area contributed by atoms with Gasteiger partial charge >= 0.3 is 0 Å².